The maximum absolute atomic E-state index is 11.9. The van der Waals surface area contributed by atoms with Crippen LogP contribution in [0.5, 0.6) is 0 Å². The fourth-order valence-corrected chi connectivity index (χ4v) is 2.38. The molecule has 0 fully saturated rings. The number of rotatable bonds is 7. The van der Waals surface area contributed by atoms with Crippen molar-refractivity contribution in [2.24, 2.45) is 0 Å². The molecule has 1 atom stereocenters. The molecule has 0 radical (unpaired) electrons. The lowest BCUT2D eigenvalue weighted by molar-refractivity contribution is -0.142. The molecule has 0 spiro atoms. The average molecular weight is 298 g/mol. The zero-order valence-electron chi connectivity index (χ0n) is 11.5. The number of carbonyl (C=O) groups excluding carboxylic acids is 2. The summed E-state index contributed by atoms with van der Waals surface area (Å²) in [5.74, 6) is -1.79. The van der Waals surface area contributed by atoms with Gasteiger partial charge >= 0.3 is 5.97 Å². The number of carboxylic acids is 1. The maximum Gasteiger partial charge on any atom is 0.326 e. The summed E-state index contributed by atoms with van der Waals surface area (Å²) in [6, 6.07) is 2.53. The molecule has 1 aromatic heterocycles. The van der Waals surface area contributed by atoms with Gasteiger partial charge < -0.3 is 15.3 Å². The Morgan fingerprint density at radius 3 is 2.65 bits per heavy atom. The van der Waals surface area contributed by atoms with Gasteiger partial charge in [0.25, 0.3) is 5.91 Å². The van der Waals surface area contributed by atoms with Crippen LogP contribution in [0.25, 0.3) is 0 Å². The molecule has 0 aliphatic heterocycles. The number of hydrogen-bond acceptors (Lipinski definition) is 4. The molecule has 0 bridgehead atoms. The lowest BCUT2D eigenvalue weighted by Crippen LogP contribution is -2.45. The molecular weight excluding hydrogens is 280 g/mol. The fourth-order valence-electron chi connectivity index (χ4n) is 1.66. The molecule has 1 unspecified atom stereocenters. The van der Waals surface area contributed by atoms with Gasteiger partial charge in [0.05, 0.1) is 11.4 Å². The number of hydrogen-bond donors (Lipinski definition) is 2. The Labute approximate surface area is 121 Å². The molecule has 110 valence electrons. The summed E-state index contributed by atoms with van der Waals surface area (Å²) in [6.07, 6.45) is 1.02. The summed E-state index contributed by atoms with van der Waals surface area (Å²) < 4.78 is 0. The zero-order chi connectivity index (χ0) is 15.1. The third kappa shape index (κ3) is 4.65. The van der Waals surface area contributed by atoms with E-state index in [1.807, 2.05) is 6.92 Å². The molecule has 0 aliphatic carbocycles. The number of carboxylic acid groups (broad SMARTS) is 1. The summed E-state index contributed by atoms with van der Waals surface area (Å²) in [5, 5.41) is 13.2. The summed E-state index contributed by atoms with van der Waals surface area (Å²) in [4.78, 5) is 36.4. The number of amides is 2. The van der Waals surface area contributed by atoms with Crippen molar-refractivity contribution in [3.63, 3.8) is 0 Å². The van der Waals surface area contributed by atoms with Crippen molar-refractivity contribution in [1.29, 1.82) is 0 Å². The zero-order valence-corrected chi connectivity index (χ0v) is 12.3. The Bertz CT molecular complexity index is 473. The largest absolute Gasteiger partial charge is 0.480 e. The lowest BCUT2D eigenvalue weighted by Gasteiger charge is -2.18. The Morgan fingerprint density at radius 2 is 2.15 bits per heavy atom. The number of nitrogens with one attached hydrogen (secondary N) is 1. The highest BCUT2D eigenvalue weighted by molar-refractivity contribution is 7.12. The first-order valence-electron chi connectivity index (χ1n) is 6.26. The van der Waals surface area contributed by atoms with E-state index in [1.54, 1.807) is 17.5 Å². The number of nitrogens with zero attached hydrogens (tertiary/aromatic N) is 1. The van der Waals surface area contributed by atoms with Gasteiger partial charge in [0, 0.05) is 7.05 Å². The van der Waals surface area contributed by atoms with E-state index in [0.29, 0.717) is 17.7 Å². The molecule has 2 amide bonds. The van der Waals surface area contributed by atoms with Crippen molar-refractivity contribution in [2.45, 2.75) is 25.8 Å². The van der Waals surface area contributed by atoms with Gasteiger partial charge in [-0.25, -0.2) is 4.79 Å². The molecule has 7 heteroatoms. The summed E-state index contributed by atoms with van der Waals surface area (Å²) in [7, 11) is 1.51. The molecule has 1 heterocycles. The molecular formula is C13H18N2O4S. The lowest BCUT2D eigenvalue weighted by atomic mass is 10.1. The van der Waals surface area contributed by atoms with Gasteiger partial charge in [-0.05, 0) is 17.9 Å². The predicted octanol–water partition coefficient (Wildman–Crippen LogP) is 1.19. The van der Waals surface area contributed by atoms with Crippen LogP contribution in [-0.4, -0.2) is 47.4 Å². The van der Waals surface area contributed by atoms with Gasteiger partial charge in [0.1, 0.15) is 6.04 Å². The Hall–Kier alpha value is -1.89. The van der Waals surface area contributed by atoms with E-state index in [-0.39, 0.29) is 12.5 Å². The fraction of sp³-hybridized carbons (Fsp3) is 0.462. The van der Waals surface area contributed by atoms with E-state index in [0.717, 1.165) is 0 Å². The minimum atomic E-state index is -1.06. The van der Waals surface area contributed by atoms with Crippen LogP contribution < -0.4 is 5.32 Å². The number of carbonyl (C=O) groups is 3. The Balaban J connectivity index is 2.53. The monoisotopic (exact) mass is 298 g/mol. The van der Waals surface area contributed by atoms with Crippen molar-refractivity contribution in [3.05, 3.63) is 22.4 Å². The SMILES string of the molecule is CCCC(NC(=O)CN(C)C(=O)c1cccs1)C(=O)O. The number of likely N-dealkylation sites (N-methyl/N-ethyl adjacent to an activating group) is 1. The van der Waals surface area contributed by atoms with Gasteiger partial charge in [-0.1, -0.05) is 19.4 Å². The number of aliphatic carboxylic acids is 1. The van der Waals surface area contributed by atoms with E-state index in [4.69, 9.17) is 5.11 Å². The van der Waals surface area contributed by atoms with Crippen molar-refractivity contribution in [1.82, 2.24) is 10.2 Å². The van der Waals surface area contributed by atoms with Crippen LogP contribution in [0.15, 0.2) is 17.5 Å². The predicted molar refractivity (Wildman–Crippen MR) is 75.8 cm³/mol. The molecule has 0 saturated carbocycles. The second-order valence-corrected chi connectivity index (χ2v) is 5.33. The summed E-state index contributed by atoms with van der Waals surface area (Å²) in [6.45, 7) is 1.68. The van der Waals surface area contributed by atoms with Crippen LogP contribution in [-0.2, 0) is 9.59 Å². The molecule has 0 aliphatic rings. The summed E-state index contributed by atoms with van der Waals surface area (Å²) >= 11 is 1.30. The first-order chi connectivity index (χ1) is 9.45. The topological polar surface area (TPSA) is 86.7 Å². The Kier molecular flexibility index (Phi) is 6.17. The smallest absolute Gasteiger partial charge is 0.326 e. The van der Waals surface area contributed by atoms with Gasteiger partial charge in [0.2, 0.25) is 5.91 Å². The molecule has 1 aromatic rings. The molecule has 0 aromatic carbocycles. The Morgan fingerprint density at radius 1 is 1.45 bits per heavy atom. The average Bonchev–Trinajstić information content (AvgIpc) is 2.90. The van der Waals surface area contributed by atoms with Crippen molar-refractivity contribution >= 4 is 29.1 Å². The normalized spacial score (nSPS) is 11.7. The minimum absolute atomic E-state index is 0.162. The first kappa shape index (κ1) is 16.2. The van der Waals surface area contributed by atoms with Crippen LogP contribution >= 0.6 is 11.3 Å². The highest BCUT2D eigenvalue weighted by Gasteiger charge is 2.21. The molecule has 20 heavy (non-hydrogen) atoms. The molecule has 6 nitrogen and oxygen atoms in total. The van der Waals surface area contributed by atoms with Crippen LogP contribution in [0.3, 0.4) is 0 Å². The third-order valence-electron chi connectivity index (χ3n) is 2.67. The van der Waals surface area contributed by atoms with Crippen LogP contribution in [0.2, 0.25) is 0 Å². The highest BCUT2D eigenvalue weighted by atomic mass is 32.1. The van der Waals surface area contributed by atoms with Crippen molar-refractivity contribution in [3.8, 4) is 0 Å². The minimum Gasteiger partial charge on any atom is -0.480 e. The number of thiophene rings is 1. The van der Waals surface area contributed by atoms with Gasteiger partial charge in [0.15, 0.2) is 0 Å². The van der Waals surface area contributed by atoms with Gasteiger partial charge in [-0.15, -0.1) is 11.3 Å². The molecule has 2 N–H and O–H groups in total. The second kappa shape index (κ2) is 7.64. The second-order valence-electron chi connectivity index (χ2n) is 4.39. The third-order valence-corrected chi connectivity index (χ3v) is 3.53. The van der Waals surface area contributed by atoms with Crippen LogP contribution in [0, 0.1) is 0 Å². The van der Waals surface area contributed by atoms with E-state index < -0.39 is 17.9 Å². The highest BCUT2D eigenvalue weighted by Crippen LogP contribution is 2.10. The quantitative estimate of drug-likeness (QED) is 0.791. The van der Waals surface area contributed by atoms with Gasteiger partial charge in [-0.2, -0.15) is 0 Å². The van der Waals surface area contributed by atoms with Crippen LogP contribution in [0.4, 0.5) is 0 Å². The van der Waals surface area contributed by atoms with Crippen molar-refractivity contribution in [2.75, 3.05) is 13.6 Å². The molecule has 1 rings (SSSR count). The van der Waals surface area contributed by atoms with Crippen molar-refractivity contribution < 1.29 is 19.5 Å². The maximum atomic E-state index is 11.9. The first-order valence-corrected chi connectivity index (χ1v) is 7.14. The van der Waals surface area contributed by atoms with Gasteiger partial charge in [-0.3, -0.25) is 9.59 Å². The van der Waals surface area contributed by atoms with E-state index in [1.165, 1.54) is 23.3 Å². The van der Waals surface area contributed by atoms with E-state index >= 15 is 0 Å². The standard InChI is InChI=1S/C13H18N2O4S/c1-3-5-9(13(18)19)14-11(16)8-15(2)12(17)10-6-4-7-20-10/h4,6-7,9H,3,5,8H2,1-2H3,(H,14,16)(H,18,19). The van der Waals surface area contributed by atoms with E-state index in [2.05, 4.69) is 5.32 Å². The summed E-state index contributed by atoms with van der Waals surface area (Å²) in [5.41, 5.74) is 0. The van der Waals surface area contributed by atoms with E-state index in [9.17, 15) is 14.4 Å². The van der Waals surface area contributed by atoms with Crippen LogP contribution in [0.1, 0.15) is 29.4 Å². The molecule has 0 saturated heterocycles.